The van der Waals surface area contributed by atoms with E-state index in [4.69, 9.17) is 9.47 Å². The summed E-state index contributed by atoms with van der Waals surface area (Å²) in [5, 5.41) is 13.8. The number of benzene rings is 3. The number of fused-ring (bicyclic) bond motifs is 3. The van der Waals surface area contributed by atoms with Crippen LogP contribution in [0.5, 0.6) is 11.5 Å². The molecule has 7 rings (SSSR count). The van der Waals surface area contributed by atoms with E-state index in [1.807, 2.05) is 84.9 Å². The van der Waals surface area contributed by atoms with Crippen molar-refractivity contribution in [3.8, 4) is 11.5 Å². The molecule has 3 aliphatic rings. The number of amides is 2. The molecule has 3 heterocycles. The van der Waals surface area contributed by atoms with Gasteiger partial charge in [-0.1, -0.05) is 43.2 Å². The predicted molar refractivity (Wildman–Crippen MR) is 204 cm³/mol. The first-order valence-electron chi connectivity index (χ1n) is 17.2. The molecule has 4 aromatic rings. The highest BCUT2D eigenvalue weighted by atomic mass is 127. The number of nitrogens with zero attached hydrogens (tertiary/aromatic N) is 2. The zero-order valence-electron chi connectivity index (χ0n) is 28.1. The number of phenolic OH excluding ortho intramolecular Hbond substituents is 1. The van der Waals surface area contributed by atoms with Gasteiger partial charge >= 0.3 is 0 Å². The van der Waals surface area contributed by atoms with E-state index in [9.17, 15) is 14.7 Å². The van der Waals surface area contributed by atoms with E-state index in [-0.39, 0.29) is 35.5 Å². The Balaban J connectivity index is 1.13. The summed E-state index contributed by atoms with van der Waals surface area (Å²) in [7, 11) is 1.55. The molecule has 1 aliphatic carbocycles. The number of methoxy groups -OCH3 is 1. The normalized spacial score (nSPS) is 21.7. The van der Waals surface area contributed by atoms with Crippen molar-refractivity contribution in [3.63, 3.8) is 0 Å². The number of allylic oxidation sites excluding steroid dienone is 2. The Labute approximate surface area is 306 Å². The monoisotopic (exact) mass is 781 g/mol. The van der Waals surface area contributed by atoms with Gasteiger partial charge in [-0.25, -0.2) is 0 Å². The molecule has 2 saturated heterocycles. The highest BCUT2D eigenvalue weighted by molar-refractivity contribution is 14.1. The molecule has 2 amide bonds. The minimum Gasteiger partial charge on any atom is -0.504 e. The molecule has 0 unspecified atom stereocenters. The first-order chi connectivity index (χ1) is 24.4. The number of aromatic nitrogens is 1. The standard InChI is InChI=1S/C41H40IN3O5/c1-3-9-27-23-31-38(41(48)45(40(31)47)30-16-14-29(15-17-30)44-28-10-5-4-6-11-28)32-24-50-35(37(27)32)18-13-26(34-12-7-8-19-43-34)20-25-21-33(42)39(46)36(22-25)49-2/h4-8,10-12,14-17,19-22,31-32,35,38,44,46H,3,9,13,18,23-24H2,1-2H3/b26-20-/t31-,32+,35-,38-/m1/s1. The number of hydrogen-bond donors (Lipinski definition) is 2. The number of rotatable bonds is 11. The lowest BCUT2D eigenvalue weighted by Gasteiger charge is -2.32. The fourth-order valence-corrected chi connectivity index (χ4v) is 8.42. The second-order valence-corrected chi connectivity index (χ2v) is 14.3. The Kier molecular flexibility index (Phi) is 10.1. The minimum absolute atomic E-state index is 0.112. The van der Waals surface area contributed by atoms with Gasteiger partial charge in [-0.15, -0.1) is 0 Å². The van der Waals surface area contributed by atoms with E-state index < -0.39 is 5.92 Å². The second-order valence-electron chi connectivity index (χ2n) is 13.1. The number of carbonyl (C=O) groups excluding carboxylic acids is 2. The van der Waals surface area contributed by atoms with Gasteiger partial charge in [0.05, 0.1) is 46.6 Å². The molecule has 256 valence electrons. The molecular weight excluding hydrogens is 741 g/mol. The molecule has 0 saturated carbocycles. The number of para-hydroxylation sites is 1. The number of nitrogens with one attached hydrogen (secondary N) is 1. The van der Waals surface area contributed by atoms with E-state index in [0.29, 0.717) is 40.9 Å². The lowest BCUT2D eigenvalue weighted by atomic mass is 9.68. The molecule has 0 radical (unpaired) electrons. The van der Waals surface area contributed by atoms with Crippen LogP contribution in [0.25, 0.3) is 11.6 Å². The lowest BCUT2D eigenvalue weighted by molar-refractivity contribution is -0.122. The summed E-state index contributed by atoms with van der Waals surface area (Å²) in [6.45, 7) is 2.59. The molecule has 9 heteroatoms. The third kappa shape index (κ3) is 6.68. The maximum absolute atomic E-state index is 14.2. The van der Waals surface area contributed by atoms with Crippen LogP contribution < -0.4 is 15.0 Å². The van der Waals surface area contributed by atoms with Crippen LogP contribution in [0.2, 0.25) is 0 Å². The van der Waals surface area contributed by atoms with E-state index in [2.05, 4.69) is 45.9 Å². The van der Waals surface area contributed by atoms with E-state index in [0.717, 1.165) is 41.0 Å². The molecule has 2 aliphatic heterocycles. The van der Waals surface area contributed by atoms with Crippen LogP contribution in [0.4, 0.5) is 17.1 Å². The van der Waals surface area contributed by atoms with Crippen LogP contribution in [0.3, 0.4) is 0 Å². The molecule has 4 atom stereocenters. The fraction of sp³-hybridized carbons (Fsp3) is 0.293. The quantitative estimate of drug-likeness (QED) is 0.0892. The van der Waals surface area contributed by atoms with Crippen molar-refractivity contribution in [2.24, 2.45) is 17.8 Å². The summed E-state index contributed by atoms with van der Waals surface area (Å²) >= 11 is 2.11. The Morgan fingerprint density at radius 2 is 1.78 bits per heavy atom. The summed E-state index contributed by atoms with van der Waals surface area (Å²) in [6, 6.07) is 27.0. The summed E-state index contributed by atoms with van der Waals surface area (Å²) < 4.78 is 12.7. The van der Waals surface area contributed by atoms with Crippen LogP contribution in [-0.2, 0) is 14.3 Å². The Morgan fingerprint density at radius 3 is 2.50 bits per heavy atom. The van der Waals surface area contributed by atoms with Crippen LogP contribution in [0.1, 0.15) is 50.3 Å². The van der Waals surface area contributed by atoms with Gasteiger partial charge in [-0.05, 0) is 132 Å². The van der Waals surface area contributed by atoms with E-state index >= 15 is 0 Å². The summed E-state index contributed by atoms with van der Waals surface area (Å²) in [6.07, 6.45) is 7.56. The van der Waals surface area contributed by atoms with Gasteiger partial charge < -0.3 is 19.9 Å². The number of carbonyl (C=O) groups is 2. The lowest BCUT2D eigenvalue weighted by Crippen LogP contribution is -2.34. The Bertz CT molecular complexity index is 1940. The number of anilines is 3. The van der Waals surface area contributed by atoms with Crippen LogP contribution in [0, 0.1) is 21.3 Å². The molecule has 1 aromatic heterocycles. The summed E-state index contributed by atoms with van der Waals surface area (Å²) in [5.74, 6) is -0.625. The number of phenols is 1. The third-order valence-electron chi connectivity index (χ3n) is 10.0. The van der Waals surface area contributed by atoms with Crippen LogP contribution in [0.15, 0.2) is 102 Å². The van der Waals surface area contributed by atoms with Crippen molar-refractivity contribution in [3.05, 3.63) is 117 Å². The SMILES string of the molecule is CCCC1=C2[C@@H](CC/C(=C/c3cc(I)c(O)c(OC)c3)c3ccccn3)OC[C@@H]2[C@@H]2C(=O)N(c3ccc(Nc4ccccc4)cc3)C(=O)[C@@H]2C1. The van der Waals surface area contributed by atoms with Crippen molar-refractivity contribution in [2.45, 2.75) is 45.1 Å². The highest BCUT2D eigenvalue weighted by Crippen LogP contribution is 2.51. The van der Waals surface area contributed by atoms with Gasteiger partial charge in [0.2, 0.25) is 11.8 Å². The first kappa shape index (κ1) is 34.0. The molecule has 50 heavy (non-hydrogen) atoms. The largest absolute Gasteiger partial charge is 0.504 e. The average Bonchev–Trinajstić information content (AvgIpc) is 3.67. The number of pyridine rings is 1. The van der Waals surface area contributed by atoms with Crippen molar-refractivity contribution in [1.82, 2.24) is 4.98 Å². The highest BCUT2D eigenvalue weighted by Gasteiger charge is 2.57. The van der Waals surface area contributed by atoms with Crippen LogP contribution in [-0.4, -0.2) is 41.7 Å². The zero-order valence-corrected chi connectivity index (χ0v) is 30.3. The smallest absolute Gasteiger partial charge is 0.238 e. The van der Waals surface area contributed by atoms with Crippen molar-refractivity contribution in [2.75, 3.05) is 23.9 Å². The number of ether oxygens (including phenoxy) is 2. The van der Waals surface area contributed by atoms with Crippen molar-refractivity contribution >= 4 is 63.1 Å². The number of aromatic hydroxyl groups is 1. The molecule has 0 spiro atoms. The Hall–Kier alpha value is -4.48. The second kappa shape index (κ2) is 14.8. The topological polar surface area (TPSA) is 101 Å². The van der Waals surface area contributed by atoms with Gasteiger partial charge in [0.25, 0.3) is 0 Å². The zero-order chi connectivity index (χ0) is 34.8. The van der Waals surface area contributed by atoms with E-state index in [1.54, 1.807) is 13.3 Å². The molecule has 2 fully saturated rings. The molecule has 3 aromatic carbocycles. The Morgan fingerprint density at radius 1 is 1.02 bits per heavy atom. The molecular formula is C41H40IN3O5. The minimum atomic E-state index is -0.428. The van der Waals surface area contributed by atoms with Gasteiger partial charge in [0.1, 0.15) is 0 Å². The van der Waals surface area contributed by atoms with Gasteiger partial charge in [-0.3, -0.25) is 19.5 Å². The first-order valence-corrected chi connectivity index (χ1v) is 18.3. The number of hydrogen-bond acceptors (Lipinski definition) is 7. The number of imide groups is 1. The average molecular weight is 782 g/mol. The molecule has 2 N–H and O–H groups in total. The summed E-state index contributed by atoms with van der Waals surface area (Å²) in [4.78, 5) is 34.2. The van der Waals surface area contributed by atoms with Gasteiger partial charge in [0, 0.05) is 23.5 Å². The maximum atomic E-state index is 14.2. The maximum Gasteiger partial charge on any atom is 0.238 e. The summed E-state index contributed by atoms with van der Waals surface area (Å²) in [5.41, 5.74) is 7.76. The van der Waals surface area contributed by atoms with E-state index in [1.165, 1.54) is 16.0 Å². The molecule has 0 bridgehead atoms. The molecule has 8 nitrogen and oxygen atoms in total. The van der Waals surface area contributed by atoms with Gasteiger partial charge in [-0.2, -0.15) is 0 Å². The fourth-order valence-electron chi connectivity index (χ4n) is 7.80. The van der Waals surface area contributed by atoms with Crippen molar-refractivity contribution in [1.29, 1.82) is 0 Å². The van der Waals surface area contributed by atoms with Crippen LogP contribution >= 0.6 is 22.6 Å². The number of halogens is 1. The predicted octanol–water partition coefficient (Wildman–Crippen LogP) is 8.79. The van der Waals surface area contributed by atoms with Crippen molar-refractivity contribution < 1.29 is 24.2 Å². The third-order valence-corrected chi connectivity index (χ3v) is 10.9. The van der Waals surface area contributed by atoms with Gasteiger partial charge in [0.15, 0.2) is 11.5 Å².